The lowest BCUT2D eigenvalue weighted by atomic mass is 9.91. The molecule has 0 aliphatic carbocycles. The minimum atomic E-state index is -0.0182. The Hall–Kier alpha value is -2.79. The zero-order valence-electron chi connectivity index (χ0n) is 17.1. The number of nitrogens with one attached hydrogen (secondary N) is 2. The van der Waals surface area contributed by atoms with E-state index in [1.54, 1.807) is 0 Å². The number of hydrogen-bond donors (Lipinski definition) is 2. The number of nitrogens with zero attached hydrogens (tertiary/aromatic N) is 1. The molecule has 0 bridgehead atoms. The number of urea groups is 1. The SMILES string of the molecule is C[C@@H]1CCN(C(=O)NCC(c2ccccc2)c2c[nH]c3ccccc23)C[C@H](C)O1. The van der Waals surface area contributed by atoms with Gasteiger partial charge in [0, 0.05) is 42.7 Å². The molecule has 0 radical (unpaired) electrons. The molecule has 0 saturated carbocycles. The summed E-state index contributed by atoms with van der Waals surface area (Å²) in [5.74, 6) is 0.0795. The summed E-state index contributed by atoms with van der Waals surface area (Å²) in [7, 11) is 0. The van der Waals surface area contributed by atoms with Crippen LogP contribution in [0.5, 0.6) is 0 Å². The van der Waals surface area contributed by atoms with Gasteiger partial charge in [-0.1, -0.05) is 48.5 Å². The maximum atomic E-state index is 12.9. The quantitative estimate of drug-likeness (QED) is 0.688. The van der Waals surface area contributed by atoms with Crippen LogP contribution in [-0.4, -0.2) is 47.8 Å². The third kappa shape index (κ3) is 4.46. The van der Waals surface area contributed by atoms with Gasteiger partial charge in [0.1, 0.15) is 0 Å². The molecule has 3 aromatic rings. The van der Waals surface area contributed by atoms with Gasteiger partial charge >= 0.3 is 6.03 Å². The van der Waals surface area contributed by atoms with Crippen LogP contribution >= 0.6 is 0 Å². The minimum absolute atomic E-state index is 0.0182. The number of ether oxygens (including phenoxy) is 1. The van der Waals surface area contributed by atoms with Crippen LogP contribution in [0.2, 0.25) is 0 Å². The maximum absolute atomic E-state index is 12.9. The highest BCUT2D eigenvalue weighted by Gasteiger charge is 2.24. The summed E-state index contributed by atoms with van der Waals surface area (Å²) in [5.41, 5.74) is 3.51. The standard InChI is InChI=1S/C24H29N3O2/c1-17-12-13-27(16-18(2)29-17)24(28)26-14-21(19-8-4-3-5-9-19)22-15-25-23-11-7-6-10-20(22)23/h3-11,15,17-18,21,25H,12-14,16H2,1-2H3,(H,26,28)/t17-,18+,21?/m1/s1. The van der Waals surface area contributed by atoms with Crippen LogP contribution in [0.15, 0.2) is 60.8 Å². The van der Waals surface area contributed by atoms with Gasteiger partial charge in [0.25, 0.3) is 0 Å². The van der Waals surface area contributed by atoms with Gasteiger partial charge in [0.2, 0.25) is 0 Å². The van der Waals surface area contributed by atoms with Crippen molar-refractivity contribution < 1.29 is 9.53 Å². The summed E-state index contributed by atoms with van der Waals surface area (Å²) in [6, 6.07) is 18.7. The van der Waals surface area contributed by atoms with Crippen LogP contribution in [0.3, 0.4) is 0 Å². The molecule has 1 aromatic heterocycles. The topological polar surface area (TPSA) is 57.4 Å². The lowest BCUT2D eigenvalue weighted by molar-refractivity contribution is 0.0160. The number of aromatic nitrogens is 1. The zero-order valence-corrected chi connectivity index (χ0v) is 17.1. The number of fused-ring (bicyclic) bond motifs is 1. The monoisotopic (exact) mass is 391 g/mol. The molecule has 1 aliphatic heterocycles. The van der Waals surface area contributed by atoms with Crippen LogP contribution in [0.4, 0.5) is 4.79 Å². The van der Waals surface area contributed by atoms with E-state index in [0.29, 0.717) is 13.1 Å². The van der Waals surface area contributed by atoms with Gasteiger partial charge in [0.15, 0.2) is 0 Å². The van der Waals surface area contributed by atoms with E-state index < -0.39 is 0 Å². The predicted octanol–water partition coefficient (Wildman–Crippen LogP) is 4.51. The second-order valence-electron chi connectivity index (χ2n) is 7.93. The molecule has 29 heavy (non-hydrogen) atoms. The lowest BCUT2D eigenvalue weighted by Gasteiger charge is -2.25. The van der Waals surface area contributed by atoms with Crippen molar-refractivity contribution in [3.05, 3.63) is 71.9 Å². The Kier molecular flexibility index (Phi) is 5.86. The number of carbonyl (C=O) groups excluding carboxylic acids is 1. The molecule has 152 valence electrons. The summed E-state index contributed by atoms with van der Waals surface area (Å²) >= 11 is 0. The van der Waals surface area contributed by atoms with Crippen molar-refractivity contribution in [2.45, 2.75) is 38.4 Å². The number of para-hydroxylation sites is 1. The third-order valence-corrected chi connectivity index (χ3v) is 5.69. The molecule has 2 aromatic carbocycles. The minimum Gasteiger partial charge on any atom is -0.374 e. The fraction of sp³-hybridized carbons (Fsp3) is 0.375. The first-order chi connectivity index (χ1) is 14.1. The van der Waals surface area contributed by atoms with Gasteiger partial charge in [-0.15, -0.1) is 0 Å². The molecule has 1 unspecified atom stereocenters. The zero-order chi connectivity index (χ0) is 20.2. The summed E-state index contributed by atoms with van der Waals surface area (Å²) in [6.07, 6.45) is 3.17. The molecular formula is C24H29N3O2. The first kappa shape index (κ1) is 19.5. The second kappa shape index (κ2) is 8.70. The fourth-order valence-corrected chi connectivity index (χ4v) is 4.21. The average Bonchev–Trinajstić information content (AvgIpc) is 3.07. The summed E-state index contributed by atoms with van der Waals surface area (Å²) in [5, 5.41) is 4.38. The first-order valence-electron chi connectivity index (χ1n) is 10.4. The molecule has 1 aliphatic rings. The smallest absolute Gasteiger partial charge is 0.317 e. The van der Waals surface area contributed by atoms with E-state index >= 15 is 0 Å². The number of hydrogen-bond acceptors (Lipinski definition) is 2. The van der Waals surface area contributed by atoms with Crippen molar-refractivity contribution in [3.8, 4) is 0 Å². The van der Waals surface area contributed by atoms with E-state index in [9.17, 15) is 4.79 Å². The maximum Gasteiger partial charge on any atom is 0.317 e. The molecule has 2 amide bonds. The number of carbonyl (C=O) groups is 1. The van der Waals surface area contributed by atoms with E-state index in [4.69, 9.17) is 4.74 Å². The van der Waals surface area contributed by atoms with Crippen molar-refractivity contribution in [1.82, 2.24) is 15.2 Å². The molecule has 1 fully saturated rings. The highest BCUT2D eigenvalue weighted by Crippen LogP contribution is 2.30. The molecular weight excluding hydrogens is 362 g/mol. The molecule has 2 heterocycles. The van der Waals surface area contributed by atoms with Crippen molar-refractivity contribution in [2.75, 3.05) is 19.6 Å². The van der Waals surface area contributed by atoms with E-state index in [-0.39, 0.29) is 24.2 Å². The Morgan fingerprint density at radius 1 is 1.14 bits per heavy atom. The van der Waals surface area contributed by atoms with E-state index in [1.807, 2.05) is 36.1 Å². The fourth-order valence-electron chi connectivity index (χ4n) is 4.21. The molecule has 5 nitrogen and oxygen atoms in total. The molecule has 2 N–H and O–H groups in total. The van der Waals surface area contributed by atoms with Gasteiger partial charge in [-0.3, -0.25) is 0 Å². The Morgan fingerprint density at radius 2 is 1.90 bits per heavy atom. The number of aromatic amines is 1. The van der Waals surface area contributed by atoms with Crippen LogP contribution in [-0.2, 0) is 4.74 Å². The molecule has 4 rings (SSSR count). The Morgan fingerprint density at radius 3 is 2.72 bits per heavy atom. The normalized spacial score (nSPS) is 21.0. The second-order valence-corrected chi connectivity index (χ2v) is 7.93. The van der Waals surface area contributed by atoms with Crippen LogP contribution < -0.4 is 5.32 Å². The van der Waals surface area contributed by atoms with Crippen LogP contribution in [0.25, 0.3) is 10.9 Å². The van der Waals surface area contributed by atoms with Crippen LogP contribution in [0.1, 0.15) is 37.3 Å². The van der Waals surface area contributed by atoms with E-state index in [2.05, 4.69) is 53.8 Å². The predicted molar refractivity (Wildman–Crippen MR) is 116 cm³/mol. The molecule has 0 spiro atoms. The van der Waals surface area contributed by atoms with Crippen molar-refractivity contribution in [2.24, 2.45) is 0 Å². The third-order valence-electron chi connectivity index (χ3n) is 5.69. The summed E-state index contributed by atoms with van der Waals surface area (Å²) in [4.78, 5) is 18.2. The Labute approximate surface area is 172 Å². The highest BCUT2D eigenvalue weighted by molar-refractivity contribution is 5.84. The first-order valence-corrected chi connectivity index (χ1v) is 10.4. The van der Waals surface area contributed by atoms with Crippen LogP contribution in [0, 0.1) is 0 Å². The largest absolute Gasteiger partial charge is 0.374 e. The van der Waals surface area contributed by atoms with Crippen molar-refractivity contribution in [3.63, 3.8) is 0 Å². The number of H-pyrrole nitrogens is 1. The van der Waals surface area contributed by atoms with Gasteiger partial charge in [-0.2, -0.15) is 0 Å². The Bertz CT molecular complexity index is 953. The van der Waals surface area contributed by atoms with E-state index in [1.165, 1.54) is 16.5 Å². The van der Waals surface area contributed by atoms with Crippen molar-refractivity contribution >= 4 is 16.9 Å². The van der Waals surface area contributed by atoms with E-state index in [0.717, 1.165) is 18.5 Å². The number of amides is 2. The summed E-state index contributed by atoms with van der Waals surface area (Å²) < 4.78 is 5.87. The average molecular weight is 392 g/mol. The van der Waals surface area contributed by atoms with Crippen molar-refractivity contribution in [1.29, 1.82) is 0 Å². The molecule has 1 saturated heterocycles. The van der Waals surface area contributed by atoms with Gasteiger partial charge < -0.3 is 19.9 Å². The Balaban J connectivity index is 1.54. The van der Waals surface area contributed by atoms with Gasteiger partial charge in [0.05, 0.1) is 12.2 Å². The van der Waals surface area contributed by atoms with Gasteiger partial charge in [-0.05, 0) is 37.5 Å². The number of rotatable bonds is 4. The van der Waals surface area contributed by atoms with Gasteiger partial charge in [-0.25, -0.2) is 4.79 Å². The summed E-state index contributed by atoms with van der Waals surface area (Å²) in [6.45, 7) is 5.99. The number of benzene rings is 2. The lowest BCUT2D eigenvalue weighted by Crippen LogP contribution is -2.44. The molecule has 5 heteroatoms. The molecule has 3 atom stereocenters. The highest BCUT2D eigenvalue weighted by atomic mass is 16.5.